The fraction of sp³-hybridized carbons (Fsp3) is 0.350. The van der Waals surface area contributed by atoms with Crippen LogP contribution in [0.15, 0.2) is 42.6 Å². The van der Waals surface area contributed by atoms with Gasteiger partial charge in [0.25, 0.3) is 5.91 Å². The number of pyridine rings is 1. The number of amides is 1. The summed E-state index contributed by atoms with van der Waals surface area (Å²) in [5, 5.41) is 5.26. The quantitative estimate of drug-likeness (QED) is 0.733. The van der Waals surface area contributed by atoms with Crippen molar-refractivity contribution in [2.45, 2.75) is 32.7 Å². The van der Waals surface area contributed by atoms with Crippen molar-refractivity contribution in [2.75, 3.05) is 13.1 Å². The summed E-state index contributed by atoms with van der Waals surface area (Å²) < 4.78 is 1.86. The van der Waals surface area contributed by atoms with E-state index in [1.165, 1.54) is 6.42 Å². The number of likely N-dealkylation sites (tertiary alicyclic amines) is 1. The van der Waals surface area contributed by atoms with Crippen LogP contribution in [-0.4, -0.2) is 38.7 Å². The van der Waals surface area contributed by atoms with Gasteiger partial charge >= 0.3 is 0 Å². The molecule has 4 rings (SSSR count). The standard InChI is InChI=1S/C20H22N4O/c1-2-24-19-17(14-21-24)16(20(25)23-11-7-4-8-12-23)13-18(22-19)15-9-5-3-6-10-15/h3,5-6,9-10,13-14H,2,4,7-8,11-12H2,1H3. The van der Waals surface area contributed by atoms with Crippen LogP contribution < -0.4 is 0 Å². The molecule has 25 heavy (non-hydrogen) atoms. The molecule has 1 saturated heterocycles. The van der Waals surface area contributed by atoms with Gasteiger partial charge in [-0.2, -0.15) is 5.10 Å². The van der Waals surface area contributed by atoms with Gasteiger partial charge in [-0.25, -0.2) is 9.67 Å². The number of rotatable bonds is 3. The zero-order valence-electron chi connectivity index (χ0n) is 14.5. The summed E-state index contributed by atoms with van der Waals surface area (Å²) >= 11 is 0. The summed E-state index contributed by atoms with van der Waals surface area (Å²) in [5.74, 6) is 0.0972. The lowest BCUT2D eigenvalue weighted by Crippen LogP contribution is -2.35. The Bertz CT molecular complexity index is 895. The molecule has 0 saturated carbocycles. The first kappa shape index (κ1) is 15.8. The van der Waals surface area contributed by atoms with Gasteiger partial charge in [-0.15, -0.1) is 0 Å². The van der Waals surface area contributed by atoms with Crippen LogP contribution in [0.4, 0.5) is 0 Å². The van der Waals surface area contributed by atoms with E-state index in [1.54, 1.807) is 6.20 Å². The zero-order valence-corrected chi connectivity index (χ0v) is 14.5. The highest BCUT2D eigenvalue weighted by Gasteiger charge is 2.23. The third kappa shape index (κ3) is 2.90. The lowest BCUT2D eigenvalue weighted by atomic mass is 10.0. The van der Waals surface area contributed by atoms with Gasteiger partial charge in [0.1, 0.15) is 0 Å². The molecule has 0 atom stereocenters. The summed E-state index contributed by atoms with van der Waals surface area (Å²) in [6.07, 6.45) is 5.15. The van der Waals surface area contributed by atoms with E-state index in [0.717, 1.165) is 54.8 Å². The monoisotopic (exact) mass is 334 g/mol. The second kappa shape index (κ2) is 6.67. The summed E-state index contributed by atoms with van der Waals surface area (Å²) in [7, 11) is 0. The van der Waals surface area contributed by atoms with Gasteiger partial charge in [0, 0.05) is 25.2 Å². The maximum Gasteiger partial charge on any atom is 0.254 e. The number of benzene rings is 1. The molecule has 0 aliphatic carbocycles. The van der Waals surface area contributed by atoms with Crippen molar-refractivity contribution in [3.05, 3.63) is 48.2 Å². The fourth-order valence-electron chi connectivity index (χ4n) is 3.48. The first-order valence-electron chi connectivity index (χ1n) is 8.99. The van der Waals surface area contributed by atoms with Crippen molar-refractivity contribution in [3.8, 4) is 11.3 Å². The Kier molecular flexibility index (Phi) is 4.22. The van der Waals surface area contributed by atoms with Gasteiger partial charge in [0.15, 0.2) is 5.65 Å². The first-order valence-corrected chi connectivity index (χ1v) is 8.99. The normalized spacial score (nSPS) is 14.8. The minimum absolute atomic E-state index is 0.0972. The highest BCUT2D eigenvalue weighted by atomic mass is 16.2. The maximum absolute atomic E-state index is 13.2. The van der Waals surface area contributed by atoms with Gasteiger partial charge in [0.05, 0.1) is 22.8 Å². The van der Waals surface area contributed by atoms with Gasteiger partial charge in [0.2, 0.25) is 0 Å². The number of piperidine rings is 1. The van der Waals surface area contributed by atoms with Crippen molar-refractivity contribution in [1.29, 1.82) is 0 Å². The molecule has 0 N–H and O–H groups in total. The fourth-order valence-corrected chi connectivity index (χ4v) is 3.48. The van der Waals surface area contributed by atoms with E-state index in [2.05, 4.69) is 5.10 Å². The van der Waals surface area contributed by atoms with Crippen LogP contribution in [0.5, 0.6) is 0 Å². The summed E-state index contributed by atoms with van der Waals surface area (Å²) in [6, 6.07) is 11.9. The van der Waals surface area contributed by atoms with Crippen LogP contribution in [0, 0.1) is 0 Å². The summed E-state index contributed by atoms with van der Waals surface area (Å²) in [5.41, 5.74) is 3.33. The highest BCUT2D eigenvalue weighted by molar-refractivity contribution is 6.06. The molecule has 1 fully saturated rings. The minimum atomic E-state index is 0.0972. The van der Waals surface area contributed by atoms with E-state index >= 15 is 0 Å². The third-order valence-corrected chi connectivity index (χ3v) is 4.85. The molecule has 5 heteroatoms. The smallest absolute Gasteiger partial charge is 0.254 e. The number of aromatic nitrogens is 3. The summed E-state index contributed by atoms with van der Waals surface area (Å²) in [4.78, 5) is 19.9. The zero-order chi connectivity index (χ0) is 17.2. The van der Waals surface area contributed by atoms with E-state index in [9.17, 15) is 4.79 Å². The molecule has 0 radical (unpaired) electrons. The number of carbonyl (C=O) groups is 1. The Hall–Kier alpha value is -2.69. The van der Waals surface area contributed by atoms with E-state index in [1.807, 2.05) is 52.9 Å². The van der Waals surface area contributed by atoms with E-state index < -0.39 is 0 Å². The van der Waals surface area contributed by atoms with Crippen LogP contribution in [0.25, 0.3) is 22.3 Å². The van der Waals surface area contributed by atoms with E-state index in [4.69, 9.17) is 4.98 Å². The van der Waals surface area contributed by atoms with Crippen molar-refractivity contribution >= 4 is 16.9 Å². The molecule has 3 heterocycles. The Morgan fingerprint density at radius 1 is 1.12 bits per heavy atom. The van der Waals surface area contributed by atoms with Crippen LogP contribution in [0.1, 0.15) is 36.5 Å². The van der Waals surface area contributed by atoms with Gasteiger partial charge in [-0.1, -0.05) is 30.3 Å². The molecule has 1 amide bonds. The van der Waals surface area contributed by atoms with Gasteiger partial charge < -0.3 is 4.90 Å². The Morgan fingerprint density at radius 3 is 2.60 bits per heavy atom. The predicted molar refractivity (Wildman–Crippen MR) is 98.4 cm³/mol. The Balaban J connectivity index is 1.86. The molecule has 5 nitrogen and oxygen atoms in total. The molecular formula is C20H22N4O. The lowest BCUT2D eigenvalue weighted by Gasteiger charge is -2.27. The van der Waals surface area contributed by atoms with Crippen LogP contribution in [-0.2, 0) is 6.54 Å². The largest absolute Gasteiger partial charge is 0.339 e. The molecule has 0 spiro atoms. The van der Waals surface area contributed by atoms with E-state index in [0.29, 0.717) is 5.56 Å². The lowest BCUT2D eigenvalue weighted by molar-refractivity contribution is 0.0726. The molecule has 0 unspecified atom stereocenters. The number of nitrogens with zero attached hydrogens (tertiary/aromatic N) is 4. The first-order chi connectivity index (χ1) is 12.3. The number of hydrogen-bond acceptors (Lipinski definition) is 3. The second-order valence-corrected chi connectivity index (χ2v) is 6.47. The van der Waals surface area contributed by atoms with Gasteiger partial charge in [-0.05, 0) is 32.3 Å². The SMILES string of the molecule is CCn1ncc2c(C(=O)N3CCCCC3)cc(-c3ccccc3)nc21. The molecule has 2 aromatic heterocycles. The minimum Gasteiger partial charge on any atom is -0.339 e. The Morgan fingerprint density at radius 2 is 1.88 bits per heavy atom. The topological polar surface area (TPSA) is 51.0 Å². The maximum atomic E-state index is 13.2. The summed E-state index contributed by atoms with van der Waals surface area (Å²) in [6.45, 7) is 4.44. The number of aryl methyl sites for hydroxylation is 1. The number of hydrogen-bond donors (Lipinski definition) is 0. The van der Waals surface area contributed by atoms with Crippen LogP contribution in [0.2, 0.25) is 0 Å². The molecule has 1 aliphatic heterocycles. The molecule has 3 aromatic rings. The van der Waals surface area contributed by atoms with Crippen LogP contribution >= 0.6 is 0 Å². The van der Waals surface area contributed by atoms with Crippen LogP contribution in [0.3, 0.4) is 0 Å². The second-order valence-electron chi connectivity index (χ2n) is 6.47. The molecule has 0 bridgehead atoms. The van der Waals surface area contributed by atoms with Crippen molar-refractivity contribution < 1.29 is 4.79 Å². The third-order valence-electron chi connectivity index (χ3n) is 4.85. The predicted octanol–water partition coefficient (Wildman–Crippen LogP) is 3.74. The molecule has 128 valence electrons. The van der Waals surface area contributed by atoms with Crippen molar-refractivity contribution in [2.24, 2.45) is 0 Å². The van der Waals surface area contributed by atoms with E-state index in [-0.39, 0.29) is 5.91 Å². The molecular weight excluding hydrogens is 312 g/mol. The van der Waals surface area contributed by atoms with Crippen molar-refractivity contribution in [1.82, 2.24) is 19.7 Å². The average Bonchev–Trinajstić information content (AvgIpc) is 3.11. The average molecular weight is 334 g/mol. The number of fused-ring (bicyclic) bond motifs is 1. The molecule has 1 aliphatic rings. The molecule has 1 aromatic carbocycles. The highest BCUT2D eigenvalue weighted by Crippen LogP contribution is 2.26. The number of carbonyl (C=O) groups excluding carboxylic acids is 1. The van der Waals surface area contributed by atoms with Crippen molar-refractivity contribution in [3.63, 3.8) is 0 Å². The van der Waals surface area contributed by atoms with Gasteiger partial charge in [-0.3, -0.25) is 4.79 Å². The Labute approximate surface area is 147 Å².